The van der Waals surface area contributed by atoms with Crippen LogP contribution in [0.1, 0.15) is 43.1 Å². The number of amides is 1. The van der Waals surface area contributed by atoms with E-state index in [9.17, 15) is 4.79 Å². The summed E-state index contributed by atoms with van der Waals surface area (Å²) in [5.41, 5.74) is 1.11. The van der Waals surface area contributed by atoms with Gasteiger partial charge >= 0.3 is 0 Å². The van der Waals surface area contributed by atoms with Gasteiger partial charge < -0.3 is 10.4 Å². The second-order valence-corrected chi connectivity index (χ2v) is 4.70. The van der Waals surface area contributed by atoms with Crippen LogP contribution in [-0.4, -0.2) is 28.6 Å². The Bertz CT molecular complexity index is 486. The Kier molecular flexibility index (Phi) is 6.04. The lowest BCUT2D eigenvalue weighted by Crippen LogP contribution is -2.36. The second-order valence-electron chi connectivity index (χ2n) is 4.70. The third-order valence-corrected chi connectivity index (χ3v) is 2.88. The van der Waals surface area contributed by atoms with Crippen molar-refractivity contribution in [2.75, 3.05) is 6.61 Å². The number of nitrogens with one attached hydrogen (secondary N) is 1. The maximum absolute atomic E-state index is 12.2. The molecule has 0 spiro atoms. The third-order valence-electron chi connectivity index (χ3n) is 2.88. The quantitative estimate of drug-likeness (QED) is 0.808. The van der Waals surface area contributed by atoms with E-state index in [0.717, 1.165) is 0 Å². The van der Waals surface area contributed by atoms with E-state index in [4.69, 9.17) is 5.11 Å². The highest BCUT2D eigenvalue weighted by atomic mass is 16.2. The van der Waals surface area contributed by atoms with Crippen molar-refractivity contribution in [3.63, 3.8) is 0 Å². The zero-order chi connectivity index (χ0) is 14.3. The Balaban J connectivity index is 2.89. The van der Waals surface area contributed by atoms with Crippen LogP contribution in [0.5, 0.6) is 0 Å². The van der Waals surface area contributed by atoms with Crippen molar-refractivity contribution >= 4 is 5.91 Å². The van der Waals surface area contributed by atoms with Gasteiger partial charge in [-0.1, -0.05) is 25.7 Å². The van der Waals surface area contributed by atoms with E-state index >= 15 is 0 Å². The Morgan fingerprint density at radius 3 is 2.84 bits per heavy atom. The summed E-state index contributed by atoms with van der Waals surface area (Å²) in [6, 6.07) is 1.75. The minimum Gasteiger partial charge on any atom is -0.395 e. The summed E-state index contributed by atoms with van der Waals surface area (Å²) in [6.07, 6.45) is 3.53. The van der Waals surface area contributed by atoms with Crippen LogP contribution < -0.4 is 5.32 Å². The molecule has 0 aliphatic rings. The topological polar surface area (TPSA) is 62.2 Å². The van der Waals surface area contributed by atoms with Crippen molar-refractivity contribution in [3.05, 3.63) is 29.6 Å². The smallest absolute Gasteiger partial charge is 0.252 e. The predicted octanol–water partition coefficient (Wildman–Crippen LogP) is 1.59. The zero-order valence-corrected chi connectivity index (χ0v) is 11.6. The maximum Gasteiger partial charge on any atom is 0.252 e. The van der Waals surface area contributed by atoms with Gasteiger partial charge in [-0.3, -0.25) is 9.78 Å². The summed E-state index contributed by atoms with van der Waals surface area (Å²) < 4.78 is 0. The van der Waals surface area contributed by atoms with E-state index in [-0.39, 0.29) is 18.6 Å². The number of carbonyl (C=O) groups is 1. The van der Waals surface area contributed by atoms with Gasteiger partial charge in [-0.05, 0) is 18.9 Å². The summed E-state index contributed by atoms with van der Waals surface area (Å²) in [5, 5.41) is 11.6. The number of rotatable bonds is 4. The molecule has 1 amide bonds. The molecule has 1 heterocycles. The van der Waals surface area contributed by atoms with Gasteiger partial charge in [0.05, 0.1) is 17.7 Å². The second kappa shape index (κ2) is 7.55. The lowest BCUT2D eigenvalue weighted by molar-refractivity contribution is 0.0930. The van der Waals surface area contributed by atoms with Gasteiger partial charge in [0.2, 0.25) is 0 Å². The molecule has 102 valence electrons. The SMILES string of the molecule is CC(C)C(C)NC(=O)c1ccncc1C#CCCO. The minimum atomic E-state index is -0.142. The summed E-state index contributed by atoms with van der Waals surface area (Å²) >= 11 is 0. The van der Waals surface area contributed by atoms with Crippen molar-refractivity contribution < 1.29 is 9.90 Å². The van der Waals surface area contributed by atoms with Gasteiger partial charge in [0, 0.05) is 24.9 Å². The number of aliphatic hydroxyl groups is 1. The van der Waals surface area contributed by atoms with Gasteiger partial charge in [-0.2, -0.15) is 0 Å². The molecular weight excluding hydrogens is 240 g/mol. The van der Waals surface area contributed by atoms with Crippen LogP contribution in [0.3, 0.4) is 0 Å². The lowest BCUT2D eigenvalue weighted by Gasteiger charge is -2.17. The molecule has 1 atom stereocenters. The first-order chi connectivity index (χ1) is 9.06. The Morgan fingerprint density at radius 2 is 2.21 bits per heavy atom. The summed E-state index contributed by atoms with van der Waals surface area (Å²) in [6.45, 7) is 6.10. The minimum absolute atomic E-state index is 0.0131. The van der Waals surface area contributed by atoms with E-state index in [2.05, 4.69) is 36.0 Å². The molecular formula is C15H20N2O2. The Morgan fingerprint density at radius 1 is 1.47 bits per heavy atom. The molecule has 0 radical (unpaired) electrons. The highest BCUT2D eigenvalue weighted by Crippen LogP contribution is 2.08. The molecule has 1 unspecified atom stereocenters. The molecule has 1 aromatic rings. The molecule has 0 saturated heterocycles. The fourth-order valence-electron chi connectivity index (χ4n) is 1.36. The van der Waals surface area contributed by atoms with E-state index in [1.165, 1.54) is 0 Å². The number of aliphatic hydroxyl groups excluding tert-OH is 1. The molecule has 0 aromatic carbocycles. The van der Waals surface area contributed by atoms with Crippen LogP contribution in [0.25, 0.3) is 0 Å². The fourth-order valence-corrected chi connectivity index (χ4v) is 1.36. The molecule has 19 heavy (non-hydrogen) atoms. The number of carbonyl (C=O) groups excluding carboxylic acids is 1. The fraction of sp³-hybridized carbons (Fsp3) is 0.467. The molecule has 1 aromatic heterocycles. The molecule has 0 aliphatic carbocycles. The Hall–Kier alpha value is -1.86. The first-order valence-corrected chi connectivity index (χ1v) is 6.41. The number of pyridine rings is 1. The predicted molar refractivity (Wildman–Crippen MR) is 74.6 cm³/mol. The van der Waals surface area contributed by atoms with Crippen LogP contribution in [0.2, 0.25) is 0 Å². The summed E-state index contributed by atoms with van der Waals surface area (Å²) in [5.74, 6) is 5.90. The maximum atomic E-state index is 12.2. The lowest BCUT2D eigenvalue weighted by atomic mass is 10.0. The summed E-state index contributed by atoms with van der Waals surface area (Å²) in [4.78, 5) is 16.1. The molecule has 1 rings (SSSR count). The molecule has 4 nitrogen and oxygen atoms in total. The highest BCUT2D eigenvalue weighted by molar-refractivity contribution is 5.96. The van der Waals surface area contributed by atoms with Crippen molar-refractivity contribution in [2.45, 2.75) is 33.2 Å². The molecule has 0 fully saturated rings. The monoisotopic (exact) mass is 260 g/mol. The van der Waals surface area contributed by atoms with Crippen molar-refractivity contribution in [3.8, 4) is 11.8 Å². The van der Waals surface area contributed by atoms with E-state index in [0.29, 0.717) is 23.5 Å². The van der Waals surface area contributed by atoms with Crippen LogP contribution >= 0.6 is 0 Å². The molecule has 0 bridgehead atoms. The van der Waals surface area contributed by atoms with Crippen LogP contribution in [-0.2, 0) is 0 Å². The Labute approximate surface area is 114 Å². The number of hydrogen-bond acceptors (Lipinski definition) is 3. The van der Waals surface area contributed by atoms with Crippen molar-refractivity contribution in [1.29, 1.82) is 0 Å². The van der Waals surface area contributed by atoms with Crippen molar-refractivity contribution in [1.82, 2.24) is 10.3 Å². The van der Waals surface area contributed by atoms with Gasteiger partial charge in [0.25, 0.3) is 5.91 Å². The average molecular weight is 260 g/mol. The average Bonchev–Trinajstić information content (AvgIpc) is 2.39. The highest BCUT2D eigenvalue weighted by Gasteiger charge is 2.14. The zero-order valence-electron chi connectivity index (χ0n) is 11.6. The van der Waals surface area contributed by atoms with Crippen LogP contribution in [0, 0.1) is 17.8 Å². The van der Waals surface area contributed by atoms with Crippen molar-refractivity contribution in [2.24, 2.45) is 5.92 Å². The van der Waals surface area contributed by atoms with Gasteiger partial charge in [0.15, 0.2) is 0 Å². The van der Waals surface area contributed by atoms with E-state index in [1.807, 2.05) is 6.92 Å². The van der Waals surface area contributed by atoms with E-state index in [1.54, 1.807) is 18.5 Å². The number of hydrogen-bond donors (Lipinski definition) is 2. The number of aromatic nitrogens is 1. The van der Waals surface area contributed by atoms with Crippen LogP contribution in [0.15, 0.2) is 18.5 Å². The van der Waals surface area contributed by atoms with Crippen LogP contribution in [0.4, 0.5) is 0 Å². The largest absolute Gasteiger partial charge is 0.395 e. The molecule has 0 aliphatic heterocycles. The third kappa shape index (κ3) is 4.72. The molecule has 2 N–H and O–H groups in total. The first-order valence-electron chi connectivity index (χ1n) is 6.41. The molecule has 0 saturated carbocycles. The molecule has 4 heteroatoms. The number of nitrogens with zero attached hydrogens (tertiary/aromatic N) is 1. The summed E-state index contributed by atoms with van der Waals surface area (Å²) in [7, 11) is 0. The van der Waals surface area contributed by atoms with Gasteiger partial charge in [-0.25, -0.2) is 0 Å². The first kappa shape index (κ1) is 15.2. The van der Waals surface area contributed by atoms with E-state index < -0.39 is 0 Å². The normalized spacial score (nSPS) is 11.6. The standard InChI is InChI=1S/C15H20N2O2/c1-11(2)12(3)17-15(19)14-7-8-16-10-13(14)6-4-5-9-18/h7-8,10-12,18H,5,9H2,1-3H3,(H,17,19). The van der Waals surface area contributed by atoms with Gasteiger partial charge in [0.1, 0.15) is 0 Å². The van der Waals surface area contributed by atoms with Gasteiger partial charge in [-0.15, -0.1) is 0 Å².